The Morgan fingerprint density at radius 3 is 1.33 bits per heavy atom. The molecule has 0 aliphatic rings. The van der Waals surface area contributed by atoms with Crippen LogP contribution in [-0.2, 0) is 0 Å². The molecule has 9 nitrogen and oxygen atoms in total. The average Bonchev–Trinajstić information content (AvgIpc) is 2.99. The zero-order chi connectivity index (χ0) is 30.6. The van der Waals surface area contributed by atoms with Gasteiger partial charge in [-0.25, -0.2) is 9.59 Å². The molecule has 0 saturated heterocycles. The maximum absolute atomic E-state index is 12.0. The van der Waals surface area contributed by atoms with Crippen LogP contribution in [0.4, 0.5) is 32.3 Å². The average molecular weight is 617 g/mol. The smallest absolute Gasteiger partial charge is 0.323 e. The molecule has 0 spiro atoms. The monoisotopic (exact) mass is 616 g/mol. The third-order valence-electron chi connectivity index (χ3n) is 5.53. The number of rotatable bonds is 6. The second-order valence-corrected chi connectivity index (χ2v) is 9.61. The summed E-state index contributed by atoms with van der Waals surface area (Å²) in [5.41, 5.74) is 2.29. The summed E-state index contributed by atoms with van der Waals surface area (Å²) in [7, 11) is 0. The summed E-state index contributed by atoms with van der Waals surface area (Å²) in [5.74, 6) is 1.35. The minimum atomic E-state index is -0.418. The molecule has 6 N–H and O–H groups in total. The Morgan fingerprint density at radius 2 is 0.860 bits per heavy atom. The fourth-order valence-corrected chi connectivity index (χ4v) is 3.87. The van der Waals surface area contributed by atoms with Gasteiger partial charge in [0.2, 0.25) is 0 Å². The number of halogens is 2. The third kappa shape index (κ3) is 9.89. The summed E-state index contributed by atoms with van der Waals surface area (Å²) in [4.78, 5) is 23.6. The van der Waals surface area contributed by atoms with Crippen LogP contribution >= 0.6 is 23.2 Å². The molecule has 43 heavy (non-hydrogen) atoms. The molecule has 218 valence electrons. The lowest BCUT2D eigenvalue weighted by Crippen LogP contribution is -2.19. The number of carbonyl (C=O) groups excluding carboxylic acids is 2. The topological polar surface area (TPSA) is 132 Å². The van der Waals surface area contributed by atoms with Crippen LogP contribution in [0.2, 0.25) is 10.0 Å². The number of phenolic OH excluding ortho intramolecular Hbond substituents is 2. The number of para-hydroxylation sites is 2. The first-order chi connectivity index (χ1) is 20.7. The fraction of sp³-hybridized carbons (Fsp3) is 0. The van der Waals surface area contributed by atoms with Crippen molar-refractivity contribution in [2.24, 2.45) is 0 Å². The molecule has 0 radical (unpaired) electrons. The summed E-state index contributed by atoms with van der Waals surface area (Å²) in [6.07, 6.45) is 0. The number of benzene rings is 5. The number of hydrogen-bond acceptors (Lipinski definition) is 5. The van der Waals surface area contributed by atoms with Crippen LogP contribution in [0, 0.1) is 0 Å². The quantitative estimate of drug-likeness (QED) is 0.106. The van der Waals surface area contributed by atoms with Gasteiger partial charge in [-0.1, -0.05) is 59.6 Å². The molecule has 4 amide bonds. The van der Waals surface area contributed by atoms with E-state index in [1.807, 2.05) is 48.5 Å². The van der Waals surface area contributed by atoms with E-state index in [9.17, 15) is 19.8 Å². The number of urea groups is 2. The Balaban J connectivity index is 0.000000208. The number of carbonyl (C=O) groups is 2. The van der Waals surface area contributed by atoms with E-state index >= 15 is 0 Å². The lowest BCUT2D eigenvalue weighted by Gasteiger charge is -2.10. The van der Waals surface area contributed by atoms with Gasteiger partial charge in [0.1, 0.15) is 23.0 Å². The molecule has 5 aromatic rings. The molecule has 0 saturated carbocycles. The number of nitrogens with one attached hydrogen (secondary N) is 4. The van der Waals surface area contributed by atoms with E-state index in [-0.39, 0.29) is 27.6 Å². The molecule has 0 bridgehead atoms. The van der Waals surface area contributed by atoms with Gasteiger partial charge in [-0.3, -0.25) is 0 Å². The Hall–Kier alpha value is -5.38. The molecule has 0 aliphatic heterocycles. The zero-order valence-electron chi connectivity index (χ0n) is 22.4. The highest BCUT2D eigenvalue weighted by molar-refractivity contribution is 6.32. The predicted molar refractivity (Wildman–Crippen MR) is 171 cm³/mol. The van der Waals surface area contributed by atoms with Crippen LogP contribution in [0.15, 0.2) is 121 Å². The molecule has 0 aromatic heterocycles. The zero-order valence-corrected chi connectivity index (χ0v) is 23.9. The first-order valence-corrected chi connectivity index (χ1v) is 13.5. The van der Waals surface area contributed by atoms with Gasteiger partial charge < -0.3 is 36.2 Å². The van der Waals surface area contributed by atoms with Gasteiger partial charge in [0.15, 0.2) is 0 Å². The van der Waals surface area contributed by atoms with Crippen molar-refractivity contribution < 1.29 is 24.5 Å². The number of ether oxygens (including phenoxy) is 1. The lowest BCUT2D eigenvalue weighted by atomic mass is 10.3. The summed E-state index contributed by atoms with van der Waals surface area (Å²) >= 11 is 11.5. The van der Waals surface area contributed by atoms with Crippen LogP contribution < -0.4 is 26.0 Å². The number of hydrogen-bond donors (Lipinski definition) is 6. The minimum Gasteiger partial charge on any atom is -0.506 e. The van der Waals surface area contributed by atoms with Crippen molar-refractivity contribution in [1.82, 2.24) is 0 Å². The molecule has 5 rings (SSSR count). The minimum absolute atomic E-state index is 0.0225. The third-order valence-corrected chi connectivity index (χ3v) is 6.14. The Kier molecular flexibility index (Phi) is 10.7. The summed E-state index contributed by atoms with van der Waals surface area (Å²) < 4.78 is 5.69. The van der Waals surface area contributed by atoms with E-state index in [2.05, 4.69) is 21.3 Å². The van der Waals surface area contributed by atoms with Gasteiger partial charge in [0, 0.05) is 22.7 Å². The number of phenols is 2. The molecule has 0 heterocycles. The molecule has 0 fully saturated rings. The van der Waals surface area contributed by atoms with Gasteiger partial charge in [-0.2, -0.15) is 0 Å². The first-order valence-electron chi connectivity index (χ1n) is 12.8. The molecule has 0 unspecified atom stereocenters. The van der Waals surface area contributed by atoms with E-state index in [0.717, 1.165) is 5.75 Å². The standard InChI is InChI=1S/C19H15ClN2O3.C13H11ClN2O2/c20-17-12-14(8-11-18(17)23)22-19(24)21-13-6-9-16(10-7-13)25-15-4-2-1-3-5-15;14-11-8-10(6-7-12(11)17)16-13(18)15-9-4-2-1-3-5-9/h1-12,23H,(H2,21,22,24);1-8,17H,(H2,15,16,18). The Labute approximate surface area is 257 Å². The van der Waals surface area contributed by atoms with Crippen LogP contribution in [0.5, 0.6) is 23.0 Å². The molecule has 5 aromatic carbocycles. The Bertz CT molecular complexity index is 1670. The maximum Gasteiger partial charge on any atom is 0.323 e. The molecule has 0 aliphatic carbocycles. The van der Waals surface area contributed by atoms with Crippen LogP contribution in [0.3, 0.4) is 0 Å². The number of anilines is 4. The van der Waals surface area contributed by atoms with E-state index in [0.29, 0.717) is 28.5 Å². The van der Waals surface area contributed by atoms with Crippen molar-refractivity contribution in [3.05, 3.63) is 131 Å². The van der Waals surface area contributed by atoms with Crippen molar-refractivity contribution in [1.29, 1.82) is 0 Å². The predicted octanol–water partition coefficient (Wildman–Crippen LogP) is 9.17. The van der Waals surface area contributed by atoms with Gasteiger partial charge in [0.25, 0.3) is 0 Å². The van der Waals surface area contributed by atoms with Gasteiger partial charge in [-0.05, 0) is 84.9 Å². The summed E-state index contributed by atoms with van der Waals surface area (Å²) in [6.45, 7) is 0. The van der Waals surface area contributed by atoms with E-state index in [1.54, 1.807) is 48.5 Å². The summed E-state index contributed by atoms with van der Waals surface area (Å²) in [5, 5.41) is 29.6. The Morgan fingerprint density at radius 1 is 0.488 bits per heavy atom. The van der Waals surface area contributed by atoms with Gasteiger partial charge in [0.05, 0.1) is 10.0 Å². The van der Waals surface area contributed by atoms with Crippen LogP contribution in [-0.4, -0.2) is 22.3 Å². The van der Waals surface area contributed by atoms with E-state index in [1.165, 1.54) is 24.3 Å². The maximum atomic E-state index is 12.0. The molecule has 11 heteroatoms. The highest BCUT2D eigenvalue weighted by Crippen LogP contribution is 2.27. The van der Waals surface area contributed by atoms with Crippen molar-refractivity contribution in [3.63, 3.8) is 0 Å². The van der Waals surface area contributed by atoms with Gasteiger partial charge >= 0.3 is 12.1 Å². The van der Waals surface area contributed by atoms with Gasteiger partial charge in [-0.15, -0.1) is 0 Å². The lowest BCUT2D eigenvalue weighted by molar-refractivity contribution is 0.261. The van der Waals surface area contributed by atoms with Crippen molar-refractivity contribution in [2.45, 2.75) is 0 Å². The van der Waals surface area contributed by atoms with Crippen LogP contribution in [0.25, 0.3) is 0 Å². The fourth-order valence-electron chi connectivity index (χ4n) is 3.51. The second kappa shape index (κ2) is 15.0. The first kappa shape index (κ1) is 30.6. The second-order valence-electron chi connectivity index (χ2n) is 8.80. The van der Waals surface area contributed by atoms with Crippen molar-refractivity contribution in [3.8, 4) is 23.0 Å². The normalized spacial score (nSPS) is 10.0. The molecule has 0 atom stereocenters. The highest BCUT2D eigenvalue weighted by atomic mass is 35.5. The summed E-state index contributed by atoms with van der Waals surface area (Å²) in [6, 6.07) is 33.6. The van der Waals surface area contributed by atoms with Crippen molar-refractivity contribution >= 4 is 58.0 Å². The van der Waals surface area contributed by atoms with Crippen molar-refractivity contribution in [2.75, 3.05) is 21.3 Å². The highest BCUT2D eigenvalue weighted by Gasteiger charge is 2.07. The number of aromatic hydroxyl groups is 2. The number of amides is 4. The van der Waals surface area contributed by atoms with E-state index < -0.39 is 6.03 Å². The van der Waals surface area contributed by atoms with Crippen LogP contribution in [0.1, 0.15) is 0 Å². The molecular weight excluding hydrogens is 591 g/mol. The molecular formula is C32H26Cl2N4O5. The largest absolute Gasteiger partial charge is 0.506 e. The van der Waals surface area contributed by atoms with E-state index in [4.69, 9.17) is 27.9 Å². The SMILES string of the molecule is O=C(Nc1ccc(Oc2ccccc2)cc1)Nc1ccc(O)c(Cl)c1.O=C(Nc1ccccc1)Nc1ccc(O)c(Cl)c1.